The molecule has 0 radical (unpaired) electrons. The Bertz CT molecular complexity index is 917. The Balaban J connectivity index is 2.18. The van der Waals surface area contributed by atoms with Crippen molar-refractivity contribution in [3.8, 4) is 5.75 Å². The van der Waals surface area contributed by atoms with Gasteiger partial charge in [0.1, 0.15) is 17.4 Å². The second kappa shape index (κ2) is 9.39. The fraction of sp³-hybridized carbons (Fsp3) is 0.476. The zero-order valence-corrected chi connectivity index (χ0v) is 17.0. The number of nitrogens with one attached hydrogen (secondary N) is 1. The number of ether oxygens (including phenoxy) is 2. The van der Waals surface area contributed by atoms with Crippen molar-refractivity contribution in [1.29, 1.82) is 0 Å². The molecule has 7 nitrogen and oxygen atoms in total. The van der Waals surface area contributed by atoms with Crippen LogP contribution in [0.15, 0.2) is 27.4 Å². The van der Waals surface area contributed by atoms with Crippen LogP contribution in [-0.4, -0.2) is 31.6 Å². The van der Waals surface area contributed by atoms with Gasteiger partial charge >= 0.3 is 11.6 Å². The molecule has 7 heteroatoms. The van der Waals surface area contributed by atoms with E-state index in [1.54, 1.807) is 6.07 Å². The molecule has 1 N–H and O–H groups in total. The summed E-state index contributed by atoms with van der Waals surface area (Å²) in [5.74, 6) is -0.513. The number of carbonyl (C=O) groups excluding carboxylic acids is 2. The van der Waals surface area contributed by atoms with Crippen LogP contribution in [0.3, 0.4) is 0 Å². The molecule has 0 bridgehead atoms. The molecule has 28 heavy (non-hydrogen) atoms. The first kappa shape index (κ1) is 21.5. The first-order valence-corrected chi connectivity index (χ1v) is 9.38. The molecule has 0 saturated heterocycles. The smallest absolute Gasteiger partial charge is 0.336 e. The normalized spacial score (nSPS) is 13.0. The molecule has 2 aromatic rings. The van der Waals surface area contributed by atoms with Crippen LogP contribution in [0.2, 0.25) is 0 Å². The van der Waals surface area contributed by atoms with Crippen LogP contribution >= 0.6 is 0 Å². The van der Waals surface area contributed by atoms with Gasteiger partial charge in [-0.1, -0.05) is 27.2 Å². The topological polar surface area (TPSA) is 94.8 Å². The molecule has 0 aliphatic heterocycles. The standard InChI is InChI=1S/C21H27NO6/c1-6-12(3)20(21(25)26-5)22-18(23)11-27-16-10-17-15(9-14(16)7-2)13(4)8-19(24)28-17/h8-10,12,20H,6-7,11H2,1-5H3,(H,22,23). The van der Waals surface area contributed by atoms with Crippen molar-refractivity contribution in [2.75, 3.05) is 13.7 Å². The Morgan fingerprint density at radius 3 is 2.54 bits per heavy atom. The lowest BCUT2D eigenvalue weighted by molar-refractivity contribution is -0.146. The molecule has 0 saturated carbocycles. The molecule has 0 aliphatic carbocycles. The summed E-state index contributed by atoms with van der Waals surface area (Å²) in [6.45, 7) is 7.35. The van der Waals surface area contributed by atoms with Crippen LogP contribution in [0, 0.1) is 12.8 Å². The van der Waals surface area contributed by atoms with Crippen molar-refractivity contribution < 1.29 is 23.5 Å². The molecule has 0 fully saturated rings. The van der Waals surface area contributed by atoms with Gasteiger partial charge in [-0.05, 0) is 36.5 Å². The molecule has 1 aromatic carbocycles. The molecule has 2 unspecified atom stereocenters. The number of esters is 1. The van der Waals surface area contributed by atoms with Gasteiger partial charge in [-0.25, -0.2) is 9.59 Å². The maximum absolute atomic E-state index is 12.3. The molecule has 0 aliphatic rings. The number of hydrogen-bond acceptors (Lipinski definition) is 6. The van der Waals surface area contributed by atoms with Crippen LogP contribution in [0.5, 0.6) is 5.75 Å². The van der Waals surface area contributed by atoms with Crippen LogP contribution in [-0.2, 0) is 20.7 Å². The Kier molecular flexibility index (Phi) is 7.20. The summed E-state index contributed by atoms with van der Waals surface area (Å²) in [6, 6.07) is 4.24. The van der Waals surface area contributed by atoms with Gasteiger partial charge in [0.2, 0.25) is 0 Å². The third kappa shape index (κ3) is 4.91. The molecule has 2 atom stereocenters. The quantitative estimate of drug-likeness (QED) is 0.551. The third-order valence-corrected chi connectivity index (χ3v) is 4.86. The van der Waals surface area contributed by atoms with Crippen LogP contribution in [0.25, 0.3) is 11.0 Å². The van der Waals surface area contributed by atoms with Gasteiger partial charge in [0.05, 0.1) is 7.11 Å². The first-order valence-electron chi connectivity index (χ1n) is 9.38. The molecule has 1 aromatic heterocycles. The number of carbonyl (C=O) groups is 2. The number of aryl methyl sites for hydroxylation is 2. The highest BCUT2D eigenvalue weighted by Gasteiger charge is 2.26. The number of amides is 1. The molecule has 2 rings (SSSR count). The van der Waals surface area contributed by atoms with E-state index < -0.39 is 23.5 Å². The van der Waals surface area contributed by atoms with Crippen molar-refractivity contribution in [3.63, 3.8) is 0 Å². The summed E-state index contributed by atoms with van der Waals surface area (Å²) in [5, 5.41) is 3.50. The highest BCUT2D eigenvalue weighted by molar-refractivity contribution is 5.86. The lowest BCUT2D eigenvalue weighted by Gasteiger charge is -2.22. The average molecular weight is 389 g/mol. The van der Waals surface area contributed by atoms with Crippen molar-refractivity contribution in [3.05, 3.63) is 39.7 Å². The molecule has 1 amide bonds. The van der Waals surface area contributed by atoms with Crippen molar-refractivity contribution in [2.24, 2.45) is 5.92 Å². The Morgan fingerprint density at radius 2 is 1.93 bits per heavy atom. The zero-order chi connectivity index (χ0) is 20.8. The van der Waals surface area contributed by atoms with E-state index in [2.05, 4.69) is 5.32 Å². The van der Waals surface area contributed by atoms with Gasteiger partial charge in [-0.3, -0.25) is 4.79 Å². The summed E-state index contributed by atoms with van der Waals surface area (Å²) in [7, 11) is 1.29. The monoisotopic (exact) mass is 389 g/mol. The summed E-state index contributed by atoms with van der Waals surface area (Å²) in [5.41, 5.74) is 1.68. The van der Waals surface area contributed by atoms with Gasteiger partial charge in [-0.15, -0.1) is 0 Å². The third-order valence-electron chi connectivity index (χ3n) is 4.86. The number of methoxy groups -OCH3 is 1. The van der Waals surface area contributed by atoms with Crippen LogP contribution in [0.1, 0.15) is 38.3 Å². The zero-order valence-electron chi connectivity index (χ0n) is 17.0. The largest absolute Gasteiger partial charge is 0.483 e. The Morgan fingerprint density at radius 1 is 1.21 bits per heavy atom. The highest BCUT2D eigenvalue weighted by atomic mass is 16.5. The summed E-state index contributed by atoms with van der Waals surface area (Å²) >= 11 is 0. The van der Waals surface area contributed by atoms with Gasteiger partial charge in [0, 0.05) is 17.5 Å². The number of hydrogen-bond donors (Lipinski definition) is 1. The summed E-state index contributed by atoms with van der Waals surface area (Å²) in [6.07, 6.45) is 1.40. The van der Waals surface area contributed by atoms with Crippen LogP contribution < -0.4 is 15.7 Å². The minimum absolute atomic E-state index is 0.0690. The van der Waals surface area contributed by atoms with Crippen molar-refractivity contribution in [2.45, 2.75) is 46.6 Å². The van der Waals surface area contributed by atoms with Crippen molar-refractivity contribution in [1.82, 2.24) is 5.32 Å². The predicted molar refractivity (Wildman–Crippen MR) is 105 cm³/mol. The minimum atomic E-state index is -0.728. The molecular weight excluding hydrogens is 362 g/mol. The SMILES string of the molecule is CCc1cc2c(C)cc(=O)oc2cc1OCC(=O)NC(C(=O)OC)C(C)CC. The van der Waals surface area contributed by atoms with Gasteiger partial charge in [0.15, 0.2) is 6.61 Å². The fourth-order valence-electron chi connectivity index (χ4n) is 2.96. The predicted octanol–water partition coefficient (Wildman–Crippen LogP) is 2.75. The van der Waals surface area contributed by atoms with Gasteiger partial charge in [-0.2, -0.15) is 0 Å². The Labute approximate surface area is 164 Å². The van der Waals surface area contributed by atoms with E-state index in [-0.39, 0.29) is 12.5 Å². The minimum Gasteiger partial charge on any atom is -0.483 e. The van der Waals surface area contributed by atoms with E-state index in [1.165, 1.54) is 13.2 Å². The van der Waals surface area contributed by atoms with Gasteiger partial charge < -0.3 is 19.2 Å². The molecule has 152 valence electrons. The van der Waals surface area contributed by atoms with E-state index in [0.717, 1.165) is 16.5 Å². The molecule has 0 spiro atoms. The lowest BCUT2D eigenvalue weighted by atomic mass is 9.99. The Hall–Kier alpha value is -2.83. The van der Waals surface area contributed by atoms with Gasteiger partial charge in [0.25, 0.3) is 5.91 Å². The maximum atomic E-state index is 12.3. The van der Waals surface area contributed by atoms with E-state index in [1.807, 2.05) is 33.8 Å². The number of benzene rings is 1. The van der Waals surface area contributed by atoms with Crippen LogP contribution in [0.4, 0.5) is 0 Å². The van der Waals surface area contributed by atoms with E-state index in [4.69, 9.17) is 13.9 Å². The van der Waals surface area contributed by atoms with Crippen molar-refractivity contribution >= 4 is 22.8 Å². The number of fused-ring (bicyclic) bond motifs is 1. The van der Waals surface area contributed by atoms with E-state index in [9.17, 15) is 14.4 Å². The first-order chi connectivity index (χ1) is 13.3. The number of rotatable bonds is 8. The second-order valence-electron chi connectivity index (χ2n) is 6.80. The lowest BCUT2D eigenvalue weighted by Crippen LogP contribution is -2.47. The highest BCUT2D eigenvalue weighted by Crippen LogP contribution is 2.27. The average Bonchev–Trinajstić information content (AvgIpc) is 2.68. The molecule has 1 heterocycles. The maximum Gasteiger partial charge on any atom is 0.336 e. The summed E-state index contributed by atoms with van der Waals surface area (Å²) in [4.78, 5) is 35.9. The molecular formula is C21H27NO6. The second-order valence-corrected chi connectivity index (χ2v) is 6.80. The summed E-state index contributed by atoms with van der Waals surface area (Å²) < 4.78 is 15.7. The fourth-order valence-corrected chi connectivity index (χ4v) is 2.96. The van der Waals surface area contributed by atoms with E-state index in [0.29, 0.717) is 24.2 Å². The van der Waals surface area contributed by atoms with E-state index >= 15 is 0 Å².